The lowest BCUT2D eigenvalue weighted by Crippen LogP contribution is -2.43. The number of halogens is 2. The van der Waals surface area contributed by atoms with Gasteiger partial charge in [-0.1, -0.05) is 31.0 Å². The Balaban J connectivity index is 1.74. The van der Waals surface area contributed by atoms with E-state index in [-0.39, 0.29) is 18.0 Å². The molecule has 148 valence electrons. The summed E-state index contributed by atoms with van der Waals surface area (Å²) in [7, 11) is 0. The van der Waals surface area contributed by atoms with E-state index in [4.69, 9.17) is 9.84 Å². The van der Waals surface area contributed by atoms with Gasteiger partial charge in [-0.25, -0.2) is 13.6 Å². The molecule has 3 rings (SSSR count). The van der Waals surface area contributed by atoms with Crippen LogP contribution in [0.2, 0.25) is 0 Å². The Kier molecular flexibility index (Phi) is 5.92. The van der Waals surface area contributed by atoms with Crippen molar-refractivity contribution in [3.63, 3.8) is 0 Å². The molecule has 0 unspecified atom stereocenters. The highest BCUT2D eigenvalue weighted by Gasteiger charge is 2.44. The van der Waals surface area contributed by atoms with Gasteiger partial charge in [-0.3, -0.25) is 4.79 Å². The van der Waals surface area contributed by atoms with Gasteiger partial charge in [0.05, 0.1) is 5.41 Å². The van der Waals surface area contributed by atoms with Crippen LogP contribution in [-0.2, 0) is 21.5 Å². The van der Waals surface area contributed by atoms with E-state index in [1.54, 1.807) is 24.3 Å². The molecule has 0 aliphatic heterocycles. The monoisotopic (exact) mass is 389 g/mol. The first-order chi connectivity index (χ1) is 13.4. The maximum atomic E-state index is 14.4. The molecule has 0 radical (unpaired) electrons. The Hall–Kier alpha value is -2.96. The SMILES string of the molecule is O=C(O)COc1cccc(CNC(=O)C2(c3ccc(F)cc3F)CCCC2)c1. The number of carboxylic acids is 1. The number of carbonyl (C=O) groups excluding carboxylic acids is 1. The van der Waals surface area contributed by atoms with E-state index in [1.165, 1.54) is 12.1 Å². The molecule has 28 heavy (non-hydrogen) atoms. The highest BCUT2D eigenvalue weighted by molar-refractivity contribution is 5.88. The summed E-state index contributed by atoms with van der Waals surface area (Å²) in [4.78, 5) is 23.6. The second-order valence-electron chi connectivity index (χ2n) is 6.93. The molecule has 1 aliphatic carbocycles. The maximum Gasteiger partial charge on any atom is 0.341 e. The summed E-state index contributed by atoms with van der Waals surface area (Å²) in [5.41, 5.74) is -0.0544. The molecule has 2 aromatic carbocycles. The van der Waals surface area contributed by atoms with Crippen molar-refractivity contribution in [1.82, 2.24) is 5.32 Å². The minimum Gasteiger partial charge on any atom is -0.482 e. The van der Waals surface area contributed by atoms with Crippen molar-refractivity contribution in [2.24, 2.45) is 0 Å². The molecule has 0 heterocycles. The fraction of sp³-hybridized carbons (Fsp3) is 0.333. The second-order valence-corrected chi connectivity index (χ2v) is 6.93. The van der Waals surface area contributed by atoms with Crippen molar-refractivity contribution in [3.05, 3.63) is 65.2 Å². The van der Waals surface area contributed by atoms with Gasteiger partial charge in [0.15, 0.2) is 6.61 Å². The zero-order chi connectivity index (χ0) is 20.1. The predicted octanol–water partition coefficient (Wildman–Crippen LogP) is 3.56. The zero-order valence-electron chi connectivity index (χ0n) is 15.2. The number of hydrogen-bond acceptors (Lipinski definition) is 3. The molecule has 2 aromatic rings. The summed E-state index contributed by atoms with van der Waals surface area (Å²) in [5, 5.41) is 11.5. The fourth-order valence-corrected chi connectivity index (χ4v) is 3.72. The molecule has 0 spiro atoms. The third kappa shape index (κ3) is 4.30. The van der Waals surface area contributed by atoms with Crippen molar-refractivity contribution >= 4 is 11.9 Å². The first-order valence-corrected chi connectivity index (χ1v) is 9.08. The Labute approximate surface area is 161 Å². The molecular formula is C21H21F2NO4. The summed E-state index contributed by atoms with van der Waals surface area (Å²) in [6.07, 6.45) is 2.60. The predicted molar refractivity (Wildman–Crippen MR) is 97.9 cm³/mol. The topological polar surface area (TPSA) is 75.6 Å². The third-order valence-electron chi connectivity index (χ3n) is 5.05. The molecule has 7 heteroatoms. The molecule has 1 saturated carbocycles. The van der Waals surface area contributed by atoms with E-state index in [2.05, 4.69) is 5.32 Å². The molecule has 1 amide bonds. The molecule has 1 aliphatic rings. The van der Waals surface area contributed by atoms with Gasteiger partial charge in [-0.2, -0.15) is 0 Å². The van der Waals surface area contributed by atoms with Gasteiger partial charge in [-0.05, 0) is 36.6 Å². The molecule has 0 aromatic heterocycles. The lowest BCUT2D eigenvalue weighted by Gasteiger charge is -2.28. The fourth-order valence-electron chi connectivity index (χ4n) is 3.72. The van der Waals surface area contributed by atoms with Crippen molar-refractivity contribution in [2.45, 2.75) is 37.6 Å². The molecule has 0 bridgehead atoms. The smallest absolute Gasteiger partial charge is 0.341 e. The van der Waals surface area contributed by atoms with Crippen LogP contribution in [0.1, 0.15) is 36.8 Å². The first-order valence-electron chi connectivity index (χ1n) is 9.08. The van der Waals surface area contributed by atoms with Crippen molar-refractivity contribution in [3.8, 4) is 5.75 Å². The molecular weight excluding hydrogens is 368 g/mol. The Bertz CT molecular complexity index is 878. The lowest BCUT2D eigenvalue weighted by atomic mass is 9.77. The number of nitrogens with one attached hydrogen (secondary N) is 1. The number of hydrogen-bond donors (Lipinski definition) is 2. The Morgan fingerprint density at radius 2 is 1.86 bits per heavy atom. The number of benzene rings is 2. The normalized spacial score (nSPS) is 15.2. The largest absolute Gasteiger partial charge is 0.482 e. The van der Waals surface area contributed by atoms with Gasteiger partial charge < -0.3 is 15.2 Å². The minimum atomic E-state index is -1.08. The zero-order valence-corrected chi connectivity index (χ0v) is 15.2. The molecule has 0 atom stereocenters. The summed E-state index contributed by atoms with van der Waals surface area (Å²) in [6, 6.07) is 10.1. The van der Waals surface area contributed by atoms with Gasteiger partial charge >= 0.3 is 5.97 Å². The van der Waals surface area contributed by atoms with Gasteiger partial charge in [0.2, 0.25) is 5.91 Å². The molecule has 5 nitrogen and oxygen atoms in total. The lowest BCUT2D eigenvalue weighted by molar-refractivity contribution is -0.139. The van der Waals surface area contributed by atoms with E-state index in [0.29, 0.717) is 18.6 Å². The first kappa shape index (κ1) is 19.8. The number of rotatable bonds is 7. The summed E-state index contributed by atoms with van der Waals surface area (Å²) < 4.78 is 32.8. The minimum absolute atomic E-state index is 0.188. The van der Waals surface area contributed by atoms with Gasteiger partial charge in [0.1, 0.15) is 17.4 Å². The summed E-state index contributed by atoms with van der Waals surface area (Å²) in [5.74, 6) is -2.38. The number of amides is 1. The van der Waals surface area contributed by atoms with Crippen LogP contribution in [0.4, 0.5) is 8.78 Å². The molecule has 2 N–H and O–H groups in total. The molecule has 1 fully saturated rings. The summed E-state index contributed by atoms with van der Waals surface area (Å²) in [6.45, 7) is -0.267. The Morgan fingerprint density at radius 1 is 1.11 bits per heavy atom. The van der Waals surface area contributed by atoms with Crippen LogP contribution >= 0.6 is 0 Å². The van der Waals surface area contributed by atoms with Crippen molar-refractivity contribution < 1.29 is 28.2 Å². The van der Waals surface area contributed by atoms with Crippen LogP contribution in [0.15, 0.2) is 42.5 Å². The van der Waals surface area contributed by atoms with Gasteiger partial charge in [0.25, 0.3) is 0 Å². The van der Waals surface area contributed by atoms with Crippen LogP contribution < -0.4 is 10.1 Å². The quantitative estimate of drug-likeness (QED) is 0.759. The number of aliphatic carboxylic acids is 1. The highest BCUT2D eigenvalue weighted by Crippen LogP contribution is 2.42. The van der Waals surface area contributed by atoms with Crippen LogP contribution in [0.3, 0.4) is 0 Å². The van der Waals surface area contributed by atoms with E-state index < -0.39 is 29.6 Å². The van der Waals surface area contributed by atoms with Crippen LogP contribution in [-0.4, -0.2) is 23.6 Å². The molecule has 0 saturated heterocycles. The third-order valence-corrected chi connectivity index (χ3v) is 5.05. The van der Waals surface area contributed by atoms with E-state index >= 15 is 0 Å². The maximum absolute atomic E-state index is 14.4. The van der Waals surface area contributed by atoms with Crippen LogP contribution in [0, 0.1) is 11.6 Å². The number of ether oxygens (including phenoxy) is 1. The number of carboxylic acid groups (broad SMARTS) is 1. The van der Waals surface area contributed by atoms with Crippen LogP contribution in [0.25, 0.3) is 0 Å². The van der Waals surface area contributed by atoms with E-state index in [9.17, 15) is 18.4 Å². The standard InChI is InChI=1S/C21H21F2NO4/c22-15-6-7-17(18(23)11-15)21(8-1-2-9-21)20(27)24-12-14-4-3-5-16(10-14)28-13-19(25)26/h3-7,10-11H,1-2,8-9,12-13H2,(H,24,27)(H,25,26). The second kappa shape index (κ2) is 8.37. The van der Waals surface area contributed by atoms with E-state index in [0.717, 1.165) is 24.5 Å². The van der Waals surface area contributed by atoms with Crippen molar-refractivity contribution in [1.29, 1.82) is 0 Å². The summed E-state index contributed by atoms with van der Waals surface area (Å²) >= 11 is 0. The van der Waals surface area contributed by atoms with Gasteiger partial charge in [-0.15, -0.1) is 0 Å². The number of carbonyl (C=O) groups is 2. The average molecular weight is 389 g/mol. The van der Waals surface area contributed by atoms with Crippen molar-refractivity contribution in [2.75, 3.05) is 6.61 Å². The van der Waals surface area contributed by atoms with E-state index in [1.807, 2.05) is 0 Å². The van der Waals surface area contributed by atoms with Crippen LogP contribution in [0.5, 0.6) is 5.75 Å². The highest BCUT2D eigenvalue weighted by atomic mass is 19.1. The average Bonchev–Trinajstić information content (AvgIpc) is 3.15. The van der Waals surface area contributed by atoms with Gasteiger partial charge in [0, 0.05) is 18.2 Å². The Morgan fingerprint density at radius 3 is 2.54 bits per heavy atom.